The zero-order valence-corrected chi connectivity index (χ0v) is 9.39. The minimum atomic E-state index is -1.51. The number of ketones is 1. The fraction of sp³-hybridized carbons (Fsp3) is 0.0769. The highest BCUT2D eigenvalue weighted by Gasteiger charge is 2.25. The van der Waals surface area contributed by atoms with Crippen LogP contribution in [0.1, 0.15) is 15.9 Å². The number of carboxylic acid groups (broad SMARTS) is 1. The molecule has 3 aromatic rings. The van der Waals surface area contributed by atoms with E-state index < -0.39 is 11.8 Å². The number of carbonyl (C=O) groups is 2. The third-order valence-corrected chi connectivity index (χ3v) is 2.99. The largest absolute Gasteiger partial charge is 0.475 e. The molecule has 0 aliphatic carbocycles. The first kappa shape index (κ1) is 10.6. The average molecular weight is 244 g/mol. The Kier molecular flexibility index (Phi) is 2.04. The monoisotopic (exact) mass is 244 g/mol. The minimum absolute atomic E-state index is 0.0388. The van der Waals surface area contributed by atoms with E-state index in [0.29, 0.717) is 16.4 Å². The summed E-state index contributed by atoms with van der Waals surface area (Å²) in [6, 6.07) is 3.26. The van der Waals surface area contributed by atoms with Gasteiger partial charge in [0.2, 0.25) is 0 Å². The van der Waals surface area contributed by atoms with Gasteiger partial charge in [0.1, 0.15) is 11.2 Å². The second kappa shape index (κ2) is 3.46. The Morgan fingerprint density at radius 2 is 1.67 bits per heavy atom. The lowest BCUT2D eigenvalue weighted by Crippen LogP contribution is -2.13. The first-order valence-electron chi connectivity index (χ1n) is 5.26. The van der Waals surface area contributed by atoms with Crippen LogP contribution in [-0.4, -0.2) is 16.9 Å². The molecule has 0 saturated carbocycles. The molecule has 0 amide bonds. The number of Topliss-reactive ketones (excluding diaryl/α,β-unsaturated/α-hetero) is 1. The summed E-state index contributed by atoms with van der Waals surface area (Å²) in [6.45, 7) is 1.83. The number of aryl methyl sites for hydroxylation is 1. The minimum Gasteiger partial charge on any atom is -0.475 e. The van der Waals surface area contributed by atoms with Crippen molar-refractivity contribution in [3.8, 4) is 0 Å². The third-order valence-electron chi connectivity index (χ3n) is 2.99. The molecule has 0 saturated heterocycles. The van der Waals surface area contributed by atoms with Crippen molar-refractivity contribution >= 4 is 33.7 Å². The Labute approximate surface area is 101 Å². The second-order valence-electron chi connectivity index (χ2n) is 3.96. The van der Waals surface area contributed by atoms with Gasteiger partial charge in [-0.25, -0.2) is 4.79 Å². The van der Waals surface area contributed by atoms with Gasteiger partial charge in [-0.2, -0.15) is 0 Å². The SMILES string of the molecule is Cc1c2ccoc2c(C(=O)C(=O)O)c2ccoc12. The Bertz CT molecular complexity index is 739. The summed E-state index contributed by atoms with van der Waals surface area (Å²) in [5.41, 5.74) is 1.65. The van der Waals surface area contributed by atoms with Gasteiger partial charge >= 0.3 is 5.97 Å². The van der Waals surface area contributed by atoms with E-state index in [-0.39, 0.29) is 11.1 Å². The number of aliphatic carboxylic acids is 1. The van der Waals surface area contributed by atoms with Crippen molar-refractivity contribution in [1.82, 2.24) is 0 Å². The maximum Gasteiger partial charge on any atom is 0.377 e. The van der Waals surface area contributed by atoms with Crippen LogP contribution in [0.25, 0.3) is 21.9 Å². The Morgan fingerprint density at radius 3 is 2.33 bits per heavy atom. The van der Waals surface area contributed by atoms with E-state index in [1.165, 1.54) is 12.5 Å². The molecule has 0 bridgehead atoms. The fourth-order valence-corrected chi connectivity index (χ4v) is 2.17. The molecule has 90 valence electrons. The highest BCUT2D eigenvalue weighted by Crippen LogP contribution is 2.34. The lowest BCUT2D eigenvalue weighted by Gasteiger charge is -2.03. The number of fused-ring (bicyclic) bond motifs is 2. The predicted molar refractivity (Wildman–Crippen MR) is 62.7 cm³/mol. The van der Waals surface area contributed by atoms with Crippen LogP contribution in [0.15, 0.2) is 33.5 Å². The Balaban J connectivity index is 2.55. The Morgan fingerprint density at radius 1 is 1.06 bits per heavy atom. The zero-order valence-electron chi connectivity index (χ0n) is 9.39. The highest BCUT2D eigenvalue weighted by molar-refractivity contribution is 6.44. The summed E-state index contributed by atoms with van der Waals surface area (Å²) in [5, 5.41) is 10.0. The summed E-state index contributed by atoms with van der Waals surface area (Å²) >= 11 is 0. The van der Waals surface area contributed by atoms with Gasteiger partial charge in [-0.3, -0.25) is 4.79 Å². The van der Waals surface area contributed by atoms with Crippen molar-refractivity contribution in [1.29, 1.82) is 0 Å². The average Bonchev–Trinajstić information content (AvgIpc) is 2.96. The summed E-state index contributed by atoms with van der Waals surface area (Å²) in [4.78, 5) is 22.7. The number of hydrogen-bond acceptors (Lipinski definition) is 4. The van der Waals surface area contributed by atoms with Crippen LogP contribution >= 0.6 is 0 Å². The molecule has 2 heterocycles. The molecule has 0 aliphatic rings. The molecule has 0 fully saturated rings. The lowest BCUT2D eigenvalue weighted by molar-refractivity contribution is -0.131. The predicted octanol–water partition coefficient (Wildman–Crippen LogP) is 2.75. The molecular formula is C13H8O5. The lowest BCUT2D eigenvalue weighted by atomic mass is 9.99. The third kappa shape index (κ3) is 1.21. The topological polar surface area (TPSA) is 80.7 Å². The van der Waals surface area contributed by atoms with Crippen molar-refractivity contribution in [2.24, 2.45) is 0 Å². The molecule has 5 heteroatoms. The Hall–Kier alpha value is -2.56. The molecule has 3 rings (SSSR count). The number of hydrogen-bond donors (Lipinski definition) is 1. The van der Waals surface area contributed by atoms with Gasteiger partial charge in [-0.15, -0.1) is 0 Å². The normalized spacial score (nSPS) is 11.2. The van der Waals surface area contributed by atoms with Crippen LogP contribution < -0.4 is 0 Å². The van der Waals surface area contributed by atoms with Gasteiger partial charge < -0.3 is 13.9 Å². The quantitative estimate of drug-likeness (QED) is 0.553. The first-order chi connectivity index (χ1) is 8.61. The van der Waals surface area contributed by atoms with Gasteiger partial charge in [-0.05, 0) is 19.1 Å². The summed E-state index contributed by atoms with van der Waals surface area (Å²) in [6.07, 6.45) is 2.85. The van der Waals surface area contributed by atoms with E-state index in [4.69, 9.17) is 13.9 Å². The van der Waals surface area contributed by atoms with E-state index in [1.807, 2.05) is 6.92 Å². The summed E-state index contributed by atoms with van der Waals surface area (Å²) in [5.74, 6) is -2.51. The van der Waals surface area contributed by atoms with Crippen LogP contribution in [-0.2, 0) is 4.79 Å². The maximum atomic E-state index is 11.8. The van der Waals surface area contributed by atoms with Crippen LogP contribution in [0.3, 0.4) is 0 Å². The molecule has 0 aliphatic heterocycles. The number of carboxylic acids is 1. The highest BCUT2D eigenvalue weighted by atomic mass is 16.4. The van der Waals surface area contributed by atoms with Gasteiger partial charge in [0.15, 0.2) is 0 Å². The molecular weight excluding hydrogens is 236 g/mol. The molecule has 0 unspecified atom stereocenters. The molecule has 0 radical (unpaired) electrons. The van der Waals surface area contributed by atoms with Crippen LogP contribution in [0, 0.1) is 6.92 Å². The molecule has 18 heavy (non-hydrogen) atoms. The van der Waals surface area contributed by atoms with Gasteiger partial charge in [0.25, 0.3) is 5.78 Å². The molecule has 1 N–H and O–H groups in total. The van der Waals surface area contributed by atoms with Crippen LogP contribution in [0.5, 0.6) is 0 Å². The summed E-state index contributed by atoms with van der Waals surface area (Å²) < 4.78 is 10.6. The van der Waals surface area contributed by atoms with Gasteiger partial charge in [0.05, 0.1) is 18.1 Å². The van der Waals surface area contributed by atoms with Crippen molar-refractivity contribution in [3.63, 3.8) is 0 Å². The van der Waals surface area contributed by atoms with Crippen molar-refractivity contribution in [2.45, 2.75) is 6.92 Å². The number of benzene rings is 1. The molecule has 0 atom stereocenters. The smallest absolute Gasteiger partial charge is 0.377 e. The number of carbonyl (C=O) groups excluding carboxylic acids is 1. The maximum absolute atomic E-state index is 11.8. The zero-order chi connectivity index (χ0) is 12.9. The molecule has 5 nitrogen and oxygen atoms in total. The molecule has 1 aromatic carbocycles. The first-order valence-corrected chi connectivity index (χ1v) is 5.26. The summed E-state index contributed by atoms with van der Waals surface area (Å²) in [7, 11) is 0. The standard InChI is InChI=1S/C13H8O5/c1-6-7-2-4-18-12(7)9(10(14)13(15)16)8-3-5-17-11(6)8/h2-5H,1H3,(H,15,16). The van der Waals surface area contributed by atoms with Crippen molar-refractivity contribution in [2.75, 3.05) is 0 Å². The van der Waals surface area contributed by atoms with Crippen molar-refractivity contribution in [3.05, 3.63) is 35.8 Å². The van der Waals surface area contributed by atoms with E-state index in [9.17, 15) is 9.59 Å². The van der Waals surface area contributed by atoms with Crippen molar-refractivity contribution < 1.29 is 23.5 Å². The fourth-order valence-electron chi connectivity index (χ4n) is 2.17. The molecule has 2 aromatic heterocycles. The number of rotatable bonds is 2. The van der Waals surface area contributed by atoms with Crippen LogP contribution in [0.4, 0.5) is 0 Å². The van der Waals surface area contributed by atoms with E-state index in [2.05, 4.69) is 0 Å². The van der Waals surface area contributed by atoms with Gasteiger partial charge in [0, 0.05) is 16.3 Å². The van der Waals surface area contributed by atoms with Gasteiger partial charge in [-0.1, -0.05) is 0 Å². The van der Waals surface area contributed by atoms with E-state index in [1.54, 1.807) is 12.1 Å². The number of furan rings is 2. The van der Waals surface area contributed by atoms with E-state index in [0.717, 1.165) is 5.56 Å². The molecule has 0 spiro atoms. The second-order valence-corrected chi connectivity index (χ2v) is 3.96. The van der Waals surface area contributed by atoms with E-state index >= 15 is 0 Å². The van der Waals surface area contributed by atoms with Crippen LogP contribution in [0.2, 0.25) is 0 Å².